The lowest BCUT2D eigenvalue weighted by Crippen LogP contribution is -2.30. The Balaban J connectivity index is 2.78. The highest BCUT2D eigenvalue weighted by Crippen LogP contribution is 2.11. The SMILES string of the molecule is COCCN(CCCl)c1cnc(C)c(C)n1. The summed E-state index contributed by atoms with van der Waals surface area (Å²) in [7, 11) is 1.69. The number of rotatable bonds is 6. The van der Waals surface area contributed by atoms with Crippen LogP contribution in [0.5, 0.6) is 0 Å². The van der Waals surface area contributed by atoms with E-state index in [1.54, 1.807) is 13.3 Å². The first-order chi connectivity index (χ1) is 7.69. The molecule has 0 spiro atoms. The van der Waals surface area contributed by atoms with Crippen molar-refractivity contribution in [2.24, 2.45) is 0 Å². The molecule has 0 fully saturated rings. The van der Waals surface area contributed by atoms with Gasteiger partial charge >= 0.3 is 0 Å². The molecule has 0 saturated carbocycles. The van der Waals surface area contributed by atoms with Crippen LogP contribution in [0.2, 0.25) is 0 Å². The van der Waals surface area contributed by atoms with Crippen LogP contribution < -0.4 is 4.90 Å². The van der Waals surface area contributed by atoms with E-state index in [1.165, 1.54) is 0 Å². The second kappa shape index (κ2) is 6.66. The molecule has 0 N–H and O–H groups in total. The number of anilines is 1. The maximum absolute atomic E-state index is 5.77. The van der Waals surface area contributed by atoms with Crippen molar-refractivity contribution >= 4 is 17.4 Å². The van der Waals surface area contributed by atoms with Gasteiger partial charge in [0, 0.05) is 26.1 Å². The van der Waals surface area contributed by atoms with Crippen LogP contribution in [-0.2, 0) is 4.74 Å². The van der Waals surface area contributed by atoms with Crippen LogP contribution in [0.3, 0.4) is 0 Å². The summed E-state index contributed by atoms with van der Waals surface area (Å²) in [6, 6.07) is 0. The predicted octanol–water partition coefficient (Wildman–Crippen LogP) is 1.79. The molecule has 1 heterocycles. The minimum atomic E-state index is 0.568. The van der Waals surface area contributed by atoms with Crippen LogP contribution in [0, 0.1) is 13.8 Å². The van der Waals surface area contributed by atoms with E-state index in [0.717, 1.165) is 30.3 Å². The number of nitrogens with zero attached hydrogens (tertiary/aromatic N) is 3. The average Bonchev–Trinajstić information content (AvgIpc) is 2.28. The summed E-state index contributed by atoms with van der Waals surface area (Å²) in [5.74, 6) is 1.43. The highest BCUT2D eigenvalue weighted by molar-refractivity contribution is 6.18. The summed E-state index contributed by atoms with van der Waals surface area (Å²) in [5, 5.41) is 0. The lowest BCUT2D eigenvalue weighted by Gasteiger charge is -2.22. The van der Waals surface area contributed by atoms with Gasteiger partial charge in [-0.05, 0) is 13.8 Å². The van der Waals surface area contributed by atoms with Gasteiger partial charge in [-0.2, -0.15) is 0 Å². The standard InChI is InChI=1S/C11H18ClN3O/c1-9-10(2)14-11(8-13-9)15(5-4-12)6-7-16-3/h8H,4-7H2,1-3H3. The molecule has 0 unspecified atom stereocenters. The number of aryl methyl sites for hydroxylation is 2. The van der Waals surface area contributed by atoms with Crippen molar-refractivity contribution in [1.82, 2.24) is 9.97 Å². The van der Waals surface area contributed by atoms with Gasteiger partial charge in [-0.15, -0.1) is 11.6 Å². The Morgan fingerprint density at radius 1 is 1.31 bits per heavy atom. The van der Waals surface area contributed by atoms with Gasteiger partial charge in [0.05, 0.1) is 24.2 Å². The Labute approximate surface area is 102 Å². The fourth-order valence-electron chi connectivity index (χ4n) is 1.33. The van der Waals surface area contributed by atoms with Crippen molar-refractivity contribution in [3.05, 3.63) is 17.6 Å². The first-order valence-corrected chi connectivity index (χ1v) is 5.82. The minimum Gasteiger partial charge on any atom is -0.383 e. The molecule has 16 heavy (non-hydrogen) atoms. The molecule has 4 nitrogen and oxygen atoms in total. The Hall–Kier alpha value is -0.870. The fraction of sp³-hybridized carbons (Fsp3) is 0.636. The Morgan fingerprint density at radius 3 is 2.62 bits per heavy atom. The van der Waals surface area contributed by atoms with Crippen LogP contribution in [-0.4, -0.2) is 42.7 Å². The maximum Gasteiger partial charge on any atom is 0.147 e. The lowest BCUT2D eigenvalue weighted by molar-refractivity contribution is 0.205. The summed E-state index contributed by atoms with van der Waals surface area (Å²) >= 11 is 5.77. The number of hydrogen-bond acceptors (Lipinski definition) is 4. The monoisotopic (exact) mass is 243 g/mol. The Morgan fingerprint density at radius 2 is 2.06 bits per heavy atom. The van der Waals surface area contributed by atoms with E-state index < -0.39 is 0 Å². The Kier molecular flexibility index (Phi) is 5.49. The Bertz CT molecular complexity index is 333. The predicted molar refractivity (Wildman–Crippen MR) is 66.3 cm³/mol. The third kappa shape index (κ3) is 3.61. The molecular formula is C11H18ClN3O. The maximum atomic E-state index is 5.77. The number of ether oxygens (including phenoxy) is 1. The first-order valence-electron chi connectivity index (χ1n) is 5.29. The molecule has 1 aromatic heterocycles. The molecule has 90 valence electrons. The van der Waals surface area contributed by atoms with Gasteiger partial charge in [-0.1, -0.05) is 0 Å². The molecule has 0 aliphatic rings. The van der Waals surface area contributed by atoms with Crippen molar-refractivity contribution < 1.29 is 4.74 Å². The van der Waals surface area contributed by atoms with Gasteiger partial charge in [0.2, 0.25) is 0 Å². The summed E-state index contributed by atoms with van der Waals surface area (Å²) in [5.41, 5.74) is 1.91. The summed E-state index contributed by atoms with van der Waals surface area (Å²) in [6.07, 6.45) is 1.78. The topological polar surface area (TPSA) is 38.2 Å². The van der Waals surface area contributed by atoms with E-state index in [4.69, 9.17) is 16.3 Å². The molecule has 1 aromatic rings. The second-order valence-electron chi connectivity index (χ2n) is 3.57. The molecule has 0 atom stereocenters. The molecule has 5 heteroatoms. The van der Waals surface area contributed by atoms with Crippen molar-refractivity contribution in [2.75, 3.05) is 37.6 Å². The molecule has 0 bridgehead atoms. The molecular weight excluding hydrogens is 226 g/mol. The van der Waals surface area contributed by atoms with Crippen LogP contribution >= 0.6 is 11.6 Å². The molecule has 0 amide bonds. The second-order valence-corrected chi connectivity index (χ2v) is 3.95. The molecule has 0 aliphatic heterocycles. The van der Waals surface area contributed by atoms with Gasteiger partial charge in [0.15, 0.2) is 0 Å². The first kappa shape index (κ1) is 13.2. The van der Waals surface area contributed by atoms with Crippen molar-refractivity contribution in [1.29, 1.82) is 0 Å². The minimum absolute atomic E-state index is 0.568. The molecule has 0 radical (unpaired) electrons. The smallest absolute Gasteiger partial charge is 0.147 e. The van der Waals surface area contributed by atoms with E-state index >= 15 is 0 Å². The van der Waals surface area contributed by atoms with Crippen LogP contribution in [0.1, 0.15) is 11.4 Å². The summed E-state index contributed by atoms with van der Waals surface area (Å²) in [4.78, 5) is 10.9. The van der Waals surface area contributed by atoms with Crippen molar-refractivity contribution in [3.8, 4) is 0 Å². The summed E-state index contributed by atoms with van der Waals surface area (Å²) in [6.45, 7) is 6.10. The van der Waals surface area contributed by atoms with Gasteiger partial charge in [-0.3, -0.25) is 4.98 Å². The van der Waals surface area contributed by atoms with E-state index in [9.17, 15) is 0 Å². The number of hydrogen-bond donors (Lipinski definition) is 0. The normalized spacial score (nSPS) is 10.5. The van der Waals surface area contributed by atoms with Gasteiger partial charge < -0.3 is 9.64 Å². The third-order valence-electron chi connectivity index (χ3n) is 2.42. The van der Waals surface area contributed by atoms with Crippen LogP contribution in [0.25, 0.3) is 0 Å². The number of aromatic nitrogens is 2. The van der Waals surface area contributed by atoms with E-state index in [-0.39, 0.29) is 0 Å². The number of alkyl halides is 1. The zero-order valence-corrected chi connectivity index (χ0v) is 10.8. The zero-order chi connectivity index (χ0) is 12.0. The van der Waals surface area contributed by atoms with Crippen molar-refractivity contribution in [3.63, 3.8) is 0 Å². The summed E-state index contributed by atoms with van der Waals surface area (Å²) < 4.78 is 5.06. The zero-order valence-electron chi connectivity index (χ0n) is 10.0. The quantitative estimate of drug-likeness (QED) is 0.714. The molecule has 0 saturated heterocycles. The highest BCUT2D eigenvalue weighted by Gasteiger charge is 2.08. The van der Waals surface area contributed by atoms with Crippen LogP contribution in [0.15, 0.2) is 6.20 Å². The largest absolute Gasteiger partial charge is 0.383 e. The van der Waals surface area contributed by atoms with Gasteiger partial charge in [-0.25, -0.2) is 4.98 Å². The highest BCUT2D eigenvalue weighted by atomic mass is 35.5. The van der Waals surface area contributed by atoms with Gasteiger partial charge in [0.25, 0.3) is 0 Å². The molecule has 0 aliphatic carbocycles. The average molecular weight is 244 g/mol. The van der Waals surface area contributed by atoms with Gasteiger partial charge in [0.1, 0.15) is 5.82 Å². The van der Waals surface area contributed by atoms with Crippen LogP contribution in [0.4, 0.5) is 5.82 Å². The third-order valence-corrected chi connectivity index (χ3v) is 2.59. The number of halogens is 1. The molecule has 1 rings (SSSR count). The lowest BCUT2D eigenvalue weighted by atomic mass is 10.3. The number of methoxy groups -OCH3 is 1. The van der Waals surface area contributed by atoms with E-state index in [2.05, 4.69) is 14.9 Å². The van der Waals surface area contributed by atoms with Crippen molar-refractivity contribution in [2.45, 2.75) is 13.8 Å². The van der Waals surface area contributed by atoms with E-state index in [0.29, 0.717) is 12.5 Å². The fourth-order valence-corrected chi connectivity index (χ4v) is 1.53. The van der Waals surface area contributed by atoms with E-state index in [1.807, 2.05) is 13.8 Å². The molecule has 0 aromatic carbocycles.